The maximum atomic E-state index is 12.9. The number of hydrogen-bond donors (Lipinski definition) is 3. The molecule has 0 saturated heterocycles. The van der Waals surface area contributed by atoms with Gasteiger partial charge in [0.2, 0.25) is 11.8 Å². The van der Waals surface area contributed by atoms with E-state index in [2.05, 4.69) is 10.6 Å². The smallest absolute Gasteiger partial charge is 0.295 e. The van der Waals surface area contributed by atoms with Gasteiger partial charge in [0, 0.05) is 19.2 Å². The second-order valence-corrected chi connectivity index (χ2v) is 8.61. The van der Waals surface area contributed by atoms with Crippen molar-refractivity contribution >= 4 is 29.3 Å². The lowest BCUT2D eigenvalue weighted by Crippen LogP contribution is -2.30. The van der Waals surface area contributed by atoms with E-state index in [4.69, 9.17) is 0 Å². The Morgan fingerprint density at radius 1 is 1.09 bits per heavy atom. The lowest BCUT2D eigenvalue weighted by molar-refractivity contribution is -0.118. The quantitative estimate of drug-likeness (QED) is 0.485. The van der Waals surface area contributed by atoms with E-state index >= 15 is 0 Å². The van der Waals surface area contributed by atoms with Gasteiger partial charge >= 0.3 is 0 Å². The molecule has 1 atom stereocenters. The number of phenolic OH excluding ortho intramolecular Hbond substituents is 1. The number of aromatic nitrogens is 2. The number of para-hydroxylation sites is 2. The Labute approximate surface area is 190 Å². The zero-order valence-electron chi connectivity index (χ0n) is 18.2. The molecule has 0 spiro atoms. The highest BCUT2D eigenvalue weighted by molar-refractivity contribution is 8.01. The van der Waals surface area contributed by atoms with Crippen molar-refractivity contribution in [3.8, 4) is 11.4 Å². The summed E-state index contributed by atoms with van der Waals surface area (Å²) in [5.41, 5.74) is 1.85. The van der Waals surface area contributed by atoms with Crippen LogP contribution in [0.15, 0.2) is 59.4 Å². The minimum absolute atomic E-state index is 0.0736. The molecule has 1 heterocycles. The van der Waals surface area contributed by atoms with E-state index in [9.17, 15) is 19.5 Å². The van der Waals surface area contributed by atoms with Crippen molar-refractivity contribution in [2.75, 3.05) is 11.1 Å². The van der Waals surface area contributed by atoms with Crippen LogP contribution in [0.25, 0.3) is 5.69 Å². The standard InChI is InChI=1S/C23H26N4O4S/c1-15-21(23(31)27(26(15)3)18-10-5-4-6-11-18)25-22(30)16(2)32-14-20(29)24-13-17-9-7-8-12-19(17)28/h4-12,16,28H,13-14H2,1-3H3,(H,24,29)(H,25,30). The zero-order valence-corrected chi connectivity index (χ0v) is 19.0. The highest BCUT2D eigenvalue weighted by Gasteiger charge is 2.21. The van der Waals surface area contributed by atoms with Crippen LogP contribution in [0.1, 0.15) is 18.2 Å². The fourth-order valence-electron chi connectivity index (χ4n) is 3.12. The van der Waals surface area contributed by atoms with Crippen molar-refractivity contribution in [2.24, 2.45) is 7.05 Å². The molecule has 0 bridgehead atoms. The SMILES string of the molecule is Cc1c(NC(=O)C(C)SCC(=O)NCc2ccccc2O)c(=O)n(-c2ccccc2)n1C. The normalized spacial score (nSPS) is 11.7. The van der Waals surface area contributed by atoms with Gasteiger partial charge in [-0.1, -0.05) is 36.4 Å². The van der Waals surface area contributed by atoms with Crippen LogP contribution in [0.4, 0.5) is 5.69 Å². The molecule has 0 saturated carbocycles. The Morgan fingerprint density at radius 2 is 1.75 bits per heavy atom. The number of phenols is 1. The van der Waals surface area contributed by atoms with E-state index in [-0.39, 0.29) is 41.1 Å². The van der Waals surface area contributed by atoms with Gasteiger partial charge in [0.15, 0.2) is 0 Å². The molecule has 0 aliphatic heterocycles. The van der Waals surface area contributed by atoms with Crippen LogP contribution < -0.4 is 16.2 Å². The average molecular weight is 455 g/mol. The van der Waals surface area contributed by atoms with Gasteiger partial charge in [0.1, 0.15) is 11.4 Å². The second-order valence-electron chi connectivity index (χ2n) is 7.28. The summed E-state index contributed by atoms with van der Waals surface area (Å²) in [6, 6.07) is 15.9. The van der Waals surface area contributed by atoms with Gasteiger partial charge in [-0.15, -0.1) is 11.8 Å². The number of carbonyl (C=O) groups is 2. The Bertz CT molecular complexity index is 1170. The summed E-state index contributed by atoms with van der Waals surface area (Å²) in [6.07, 6.45) is 0. The number of nitrogens with zero attached hydrogens (tertiary/aromatic N) is 2. The summed E-state index contributed by atoms with van der Waals surface area (Å²) in [7, 11) is 1.76. The second kappa shape index (κ2) is 10.2. The van der Waals surface area contributed by atoms with Gasteiger partial charge in [0.25, 0.3) is 5.56 Å². The van der Waals surface area contributed by atoms with Crippen LogP contribution in [-0.2, 0) is 23.2 Å². The van der Waals surface area contributed by atoms with Crippen LogP contribution in [0.3, 0.4) is 0 Å². The molecule has 1 unspecified atom stereocenters. The highest BCUT2D eigenvalue weighted by atomic mass is 32.2. The molecule has 168 valence electrons. The third-order valence-corrected chi connectivity index (χ3v) is 6.25. The van der Waals surface area contributed by atoms with E-state index < -0.39 is 5.25 Å². The number of benzene rings is 2. The molecule has 3 aromatic rings. The van der Waals surface area contributed by atoms with Crippen molar-refractivity contribution in [3.63, 3.8) is 0 Å². The first-order chi connectivity index (χ1) is 15.3. The number of hydrogen-bond acceptors (Lipinski definition) is 5. The average Bonchev–Trinajstić information content (AvgIpc) is 3.00. The number of anilines is 1. The number of nitrogens with one attached hydrogen (secondary N) is 2. The predicted molar refractivity (Wildman–Crippen MR) is 126 cm³/mol. The summed E-state index contributed by atoms with van der Waals surface area (Å²) in [5.74, 6) is -0.410. The van der Waals surface area contributed by atoms with Crippen molar-refractivity contribution in [1.29, 1.82) is 0 Å². The molecule has 8 nitrogen and oxygen atoms in total. The summed E-state index contributed by atoms with van der Waals surface area (Å²) in [5, 5.41) is 14.7. The molecule has 3 rings (SSSR count). The summed E-state index contributed by atoms with van der Waals surface area (Å²) >= 11 is 1.17. The predicted octanol–water partition coefficient (Wildman–Crippen LogP) is 2.57. The van der Waals surface area contributed by atoms with Gasteiger partial charge in [0.05, 0.1) is 22.4 Å². The third kappa shape index (κ3) is 5.23. The number of amides is 2. The lowest BCUT2D eigenvalue weighted by Gasteiger charge is -2.12. The monoisotopic (exact) mass is 454 g/mol. The fraction of sp³-hybridized carbons (Fsp3) is 0.261. The van der Waals surface area contributed by atoms with Crippen LogP contribution >= 0.6 is 11.8 Å². The molecule has 0 radical (unpaired) electrons. The van der Waals surface area contributed by atoms with Gasteiger partial charge < -0.3 is 15.7 Å². The van der Waals surface area contributed by atoms with Gasteiger partial charge in [-0.05, 0) is 32.0 Å². The van der Waals surface area contributed by atoms with E-state index in [0.717, 1.165) is 0 Å². The summed E-state index contributed by atoms with van der Waals surface area (Å²) in [6.45, 7) is 3.65. The Hall–Kier alpha value is -3.46. The number of carbonyl (C=O) groups excluding carboxylic acids is 2. The zero-order chi connectivity index (χ0) is 23.3. The molecular weight excluding hydrogens is 428 g/mol. The van der Waals surface area contributed by atoms with Crippen LogP contribution in [0, 0.1) is 6.92 Å². The lowest BCUT2D eigenvalue weighted by atomic mass is 10.2. The largest absolute Gasteiger partial charge is 0.508 e. The van der Waals surface area contributed by atoms with Gasteiger partial charge in [-0.2, -0.15) is 0 Å². The van der Waals surface area contributed by atoms with Crippen molar-refractivity contribution in [3.05, 3.63) is 76.2 Å². The first kappa shape index (κ1) is 23.2. The first-order valence-corrected chi connectivity index (χ1v) is 11.1. The summed E-state index contributed by atoms with van der Waals surface area (Å²) in [4.78, 5) is 37.7. The minimum Gasteiger partial charge on any atom is -0.508 e. The molecule has 3 N–H and O–H groups in total. The summed E-state index contributed by atoms with van der Waals surface area (Å²) < 4.78 is 3.19. The molecule has 0 fully saturated rings. The Morgan fingerprint density at radius 3 is 2.44 bits per heavy atom. The topological polar surface area (TPSA) is 105 Å². The van der Waals surface area contributed by atoms with Crippen molar-refractivity contribution < 1.29 is 14.7 Å². The number of thioether (sulfide) groups is 1. The highest BCUT2D eigenvalue weighted by Crippen LogP contribution is 2.18. The van der Waals surface area contributed by atoms with E-state index in [1.54, 1.807) is 49.8 Å². The van der Waals surface area contributed by atoms with Gasteiger partial charge in [-0.3, -0.25) is 19.1 Å². The van der Waals surface area contributed by atoms with E-state index in [1.165, 1.54) is 16.4 Å². The number of rotatable bonds is 8. The number of aromatic hydroxyl groups is 1. The minimum atomic E-state index is -0.546. The maximum absolute atomic E-state index is 12.9. The fourth-order valence-corrected chi connectivity index (χ4v) is 3.83. The van der Waals surface area contributed by atoms with Gasteiger partial charge in [-0.25, -0.2) is 4.68 Å². The molecule has 0 aliphatic rings. The van der Waals surface area contributed by atoms with Crippen molar-refractivity contribution in [2.45, 2.75) is 25.6 Å². The Balaban J connectivity index is 1.58. The molecule has 2 aromatic carbocycles. The maximum Gasteiger partial charge on any atom is 0.295 e. The Kier molecular flexibility index (Phi) is 7.42. The van der Waals surface area contributed by atoms with E-state index in [1.807, 2.05) is 30.3 Å². The van der Waals surface area contributed by atoms with Crippen LogP contribution in [0.5, 0.6) is 5.75 Å². The molecule has 1 aromatic heterocycles. The molecule has 9 heteroatoms. The molecule has 2 amide bonds. The third-order valence-electron chi connectivity index (χ3n) is 5.10. The first-order valence-electron chi connectivity index (χ1n) is 10.1. The van der Waals surface area contributed by atoms with Crippen LogP contribution in [-0.4, -0.2) is 37.3 Å². The molecule has 0 aliphatic carbocycles. The van der Waals surface area contributed by atoms with Crippen LogP contribution in [0.2, 0.25) is 0 Å². The molecular formula is C23H26N4O4S. The molecule has 32 heavy (non-hydrogen) atoms. The van der Waals surface area contributed by atoms with E-state index in [0.29, 0.717) is 16.9 Å². The van der Waals surface area contributed by atoms with Crippen molar-refractivity contribution in [1.82, 2.24) is 14.7 Å².